The van der Waals surface area contributed by atoms with Gasteiger partial charge in [0.1, 0.15) is 5.75 Å². The lowest BCUT2D eigenvalue weighted by Crippen LogP contribution is -1.94. The number of benzene rings is 2. The molecule has 0 aliphatic carbocycles. The molecule has 0 amide bonds. The standard InChI is InChI=1S/C16H19BrO/c1-3-4-9-15(17)13-10-11-16(18-2)14-8-6-5-7-12(13)14/h5-8,10-11,15H,3-4,9H2,1-2H3. The van der Waals surface area contributed by atoms with Crippen LogP contribution in [0.2, 0.25) is 0 Å². The zero-order valence-corrected chi connectivity index (χ0v) is 12.5. The predicted molar refractivity (Wildman–Crippen MR) is 81.7 cm³/mol. The maximum Gasteiger partial charge on any atom is 0.126 e. The lowest BCUT2D eigenvalue weighted by atomic mass is 9.99. The van der Waals surface area contributed by atoms with E-state index in [9.17, 15) is 0 Å². The topological polar surface area (TPSA) is 9.23 Å². The van der Waals surface area contributed by atoms with Gasteiger partial charge in [-0.2, -0.15) is 0 Å². The number of unbranched alkanes of at least 4 members (excludes halogenated alkanes) is 1. The van der Waals surface area contributed by atoms with E-state index >= 15 is 0 Å². The van der Waals surface area contributed by atoms with Crippen LogP contribution in [0.3, 0.4) is 0 Å². The summed E-state index contributed by atoms with van der Waals surface area (Å²) < 4.78 is 5.43. The Labute approximate surface area is 117 Å². The molecule has 0 aliphatic rings. The molecule has 0 heterocycles. The maximum atomic E-state index is 5.43. The Balaban J connectivity index is 2.45. The smallest absolute Gasteiger partial charge is 0.126 e. The summed E-state index contributed by atoms with van der Waals surface area (Å²) >= 11 is 3.81. The minimum atomic E-state index is 0.424. The highest BCUT2D eigenvalue weighted by atomic mass is 79.9. The Morgan fingerprint density at radius 3 is 2.50 bits per heavy atom. The van der Waals surface area contributed by atoms with Crippen LogP contribution in [0.4, 0.5) is 0 Å². The van der Waals surface area contributed by atoms with Crippen molar-refractivity contribution in [2.24, 2.45) is 0 Å². The van der Waals surface area contributed by atoms with Gasteiger partial charge in [-0.25, -0.2) is 0 Å². The first-order valence-electron chi connectivity index (χ1n) is 6.47. The van der Waals surface area contributed by atoms with Gasteiger partial charge in [-0.05, 0) is 23.4 Å². The molecule has 0 bridgehead atoms. The second-order valence-electron chi connectivity index (χ2n) is 4.51. The van der Waals surface area contributed by atoms with E-state index in [1.54, 1.807) is 7.11 Å². The van der Waals surface area contributed by atoms with E-state index in [1.807, 2.05) is 0 Å². The minimum Gasteiger partial charge on any atom is -0.496 e. The van der Waals surface area contributed by atoms with Crippen molar-refractivity contribution in [3.05, 3.63) is 42.0 Å². The van der Waals surface area contributed by atoms with Gasteiger partial charge in [0, 0.05) is 10.2 Å². The molecule has 96 valence electrons. The Hall–Kier alpha value is -1.02. The van der Waals surface area contributed by atoms with Crippen LogP contribution in [0.15, 0.2) is 36.4 Å². The largest absolute Gasteiger partial charge is 0.496 e. The lowest BCUT2D eigenvalue weighted by Gasteiger charge is -2.15. The first kappa shape index (κ1) is 13.4. The summed E-state index contributed by atoms with van der Waals surface area (Å²) in [5.41, 5.74) is 1.36. The molecule has 0 aliphatic heterocycles. The van der Waals surface area contributed by atoms with Crippen molar-refractivity contribution in [1.82, 2.24) is 0 Å². The zero-order valence-electron chi connectivity index (χ0n) is 10.9. The van der Waals surface area contributed by atoms with Gasteiger partial charge in [0.05, 0.1) is 7.11 Å². The number of rotatable bonds is 5. The molecule has 2 rings (SSSR count). The van der Waals surface area contributed by atoms with Crippen LogP contribution in [0, 0.1) is 0 Å². The van der Waals surface area contributed by atoms with Gasteiger partial charge >= 0.3 is 0 Å². The molecule has 0 fully saturated rings. The summed E-state index contributed by atoms with van der Waals surface area (Å²) in [6.07, 6.45) is 3.65. The van der Waals surface area contributed by atoms with E-state index in [2.05, 4.69) is 59.3 Å². The van der Waals surface area contributed by atoms with Crippen LogP contribution in [-0.2, 0) is 0 Å². The predicted octanol–water partition coefficient (Wildman–Crippen LogP) is 5.47. The third-order valence-electron chi connectivity index (χ3n) is 3.29. The van der Waals surface area contributed by atoms with E-state index in [0.717, 1.165) is 5.75 Å². The van der Waals surface area contributed by atoms with Gasteiger partial charge in [0.15, 0.2) is 0 Å². The molecule has 2 aromatic rings. The van der Waals surface area contributed by atoms with Crippen molar-refractivity contribution in [2.75, 3.05) is 7.11 Å². The van der Waals surface area contributed by atoms with Crippen molar-refractivity contribution in [2.45, 2.75) is 31.0 Å². The molecule has 1 unspecified atom stereocenters. The summed E-state index contributed by atoms with van der Waals surface area (Å²) in [4.78, 5) is 0.424. The third kappa shape index (κ3) is 2.69. The van der Waals surface area contributed by atoms with Gasteiger partial charge in [0.25, 0.3) is 0 Å². The van der Waals surface area contributed by atoms with Crippen LogP contribution < -0.4 is 4.74 Å². The first-order valence-corrected chi connectivity index (χ1v) is 7.39. The van der Waals surface area contributed by atoms with Crippen LogP contribution in [0.1, 0.15) is 36.6 Å². The van der Waals surface area contributed by atoms with Gasteiger partial charge < -0.3 is 4.74 Å². The molecule has 1 atom stereocenters. The number of ether oxygens (including phenoxy) is 1. The molecule has 0 radical (unpaired) electrons. The summed E-state index contributed by atoms with van der Waals surface area (Å²) in [7, 11) is 1.73. The SMILES string of the molecule is CCCCC(Br)c1ccc(OC)c2ccccc12. The number of halogens is 1. The summed E-state index contributed by atoms with van der Waals surface area (Å²) in [6.45, 7) is 2.23. The molecular weight excluding hydrogens is 288 g/mol. The quantitative estimate of drug-likeness (QED) is 0.665. The van der Waals surface area contributed by atoms with Crippen molar-refractivity contribution >= 4 is 26.7 Å². The zero-order chi connectivity index (χ0) is 13.0. The van der Waals surface area contributed by atoms with Crippen molar-refractivity contribution in [3.63, 3.8) is 0 Å². The van der Waals surface area contributed by atoms with Gasteiger partial charge in [-0.3, -0.25) is 0 Å². The number of alkyl halides is 1. The highest BCUT2D eigenvalue weighted by Crippen LogP contribution is 2.37. The normalized spacial score (nSPS) is 12.6. The monoisotopic (exact) mass is 306 g/mol. The average Bonchev–Trinajstić information content (AvgIpc) is 2.43. The van der Waals surface area contributed by atoms with E-state index in [0.29, 0.717) is 4.83 Å². The Morgan fingerprint density at radius 2 is 1.83 bits per heavy atom. The summed E-state index contributed by atoms with van der Waals surface area (Å²) in [5.74, 6) is 0.949. The van der Waals surface area contributed by atoms with Gasteiger partial charge in [-0.15, -0.1) is 0 Å². The van der Waals surface area contributed by atoms with Gasteiger partial charge in [-0.1, -0.05) is 66.0 Å². The number of hydrogen-bond donors (Lipinski definition) is 0. The Bertz CT molecular complexity index is 521. The minimum absolute atomic E-state index is 0.424. The van der Waals surface area contributed by atoms with E-state index in [1.165, 1.54) is 35.6 Å². The fraction of sp³-hybridized carbons (Fsp3) is 0.375. The highest BCUT2D eigenvalue weighted by Gasteiger charge is 2.12. The summed E-state index contributed by atoms with van der Waals surface area (Å²) in [6, 6.07) is 12.7. The third-order valence-corrected chi connectivity index (χ3v) is 4.24. The molecule has 0 saturated carbocycles. The molecular formula is C16H19BrO. The Kier molecular flexibility index (Phi) is 4.65. The number of methoxy groups -OCH3 is 1. The molecule has 0 aromatic heterocycles. The van der Waals surface area contributed by atoms with Crippen molar-refractivity contribution in [3.8, 4) is 5.75 Å². The number of hydrogen-bond acceptors (Lipinski definition) is 1. The van der Waals surface area contributed by atoms with Crippen molar-refractivity contribution < 1.29 is 4.74 Å². The second kappa shape index (κ2) is 6.24. The molecule has 0 saturated heterocycles. The molecule has 2 aromatic carbocycles. The fourth-order valence-electron chi connectivity index (χ4n) is 2.28. The molecule has 18 heavy (non-hydrogen) atoms. The van der Waals surface area contributed by atoms with Crippen LogP contribution in [0.25, 0.3) is 10.8 Å². The highest BCUT2D eigenvalue weighted by molar-refractivity contribution is 9.09. The molecule has 1 nitrogen and oxygen atoms in total. The maximum absolute atomic E-state index is 5.43. The Morgan fingerprint density at radius 1 is 1.11 bits per heavy atom. The summed E-state index contributed by atoms with van der Waals surface area (Å²) in [5, 5.41) is 2.48. The lowest BCUT2D eigenvalue weighted by molar-refractivity contribution is 0.419. The molecule has 2 heteroatoms. The van der Waals surface area contributed by atoms with E-state index < -0.39 is 0 Å². The number of fused-ring (bicyclic) bond motifs is 1. The second-order valence-corrected chi connectivity index (χ2v) is 5.62. The van der Waals surface area contributed by atoms with E-state index in [-0.39, 0.29) is 0 Å². The van der Waals surface area contributed by atoms with E-state index in [4.69, 9.17) is 4.74 Å². The van der Waals surface area contributed by atoms with Crippen LogP contribution >= 0.6 is 15.9 Å². The molecule has 0 spiro atoms. The van der Waals surface area contributed by atoms with Crippen molar-refractivity contribution in [1.29, 1.82) is 0 Å². The first-order chi connectivity index (χ1) is 8.77. The van der Waals surface area contributed by atoms with Crippen LogP contribution in [-0.4, -0.2) is 7.11 Å². The average molecular weight is 307 g/mol. The molecule has 0 N–H and O–H groups in total. The van der Waals surface area contributed by atoms with Crippen LogP contribution in [0.5, 0.6) is 5.75 Å². The van der Waals surface area contributed by atoms with Gasteiger partial charge in [0.2, 0.25) is 0 Å². The fourth-order valence-corrected chi connectivity index (χ4v) is 3.01.